The lowest BCUT2D eigenvalue weighted by atomic mass is 9.89. The molecule has 1 fully saturated rings. The van der Waals surface area contributed by atoms with Gasteiger partial charge < -0.3 is 0 Å². The number of Topliss-reactive ketones (excluding diaryl/α,β-unsaturated/α-hetero) is 1. The van der Waals surface area contributed by atoms with Gasteiger partial charge in [0.25, 0.3) is 0 Å². The minimum absolute atomic E-state index is 0.111. The third-order valence-corrected chi connectivity index (χ3v) is 5.13. The van der Waals surface area contributed by atoms with Crippen LogP contribution in [0.2, 0.25) is 10.0 Å². The molecule has 0 heterocycles. The van der Waals surface area contributed by atoms with Gasteiger partial charge in [-0.25, -0.2) is 0 Å². The van der Waals surface area contributed by atoms with Crippen LogP contribution in [0.25, 0.3) is 12.2 Å². The number of carbonyl (C=O) groups excluding carboxylic acids is 1. The Labute approximate surface area is 159 Å². The second kappa shape index (κ2) is 8.51. The van der Waals surface area contributed by atoms with E-state index in [0.717, 1.165) is 54.4 Å². The van der Waals surface area contributed by atoms with E-state index in [9.17, 15) is 4.79 Å². The summed E-state index contributed by atoms with van der Waals surface area (Å²) in [4.78, 5) is 13.1. The maximum absolute atomic E-state index is 13.1. The van der Waals surface area contributed by atoms with Gasteiger partial charge in [-0.2, -0.15) is 0 Å². The van der Waals surface area contributed by atoms with Crippen LogP contribution in [0.15, 0.2) is 59.7 Å². The second-order valence-electron chi connectivity index (χ2n) is 6.27. The highest BCUT2D eigenvalue weighted by molar-refractivity contribution is 6.32. The van der Waals surface area contributed by atoms with Crippen molar-refractivity contribution in [2.75, 3.05) is 0 Å². The largest absolute Gasteiger partial charge is 0.289 e. The molecule has 2 aromatic carbocycles. The first-order chi connectivity index (χ1) is 12.1. The molecule has 0 amide bonds. The maximum Gasteiger partial charge on any atom is 0.185 e. The monoisotopic (exact) mass is 370 g/mol. The van der Waals surface area contributed by atoms with Crippen LogP contribution in [-0.4, -0.2) is 5.78 Å². The molecule has 1 saturated carbocycles. The number of hydrogen-bond acceptors (Lipinski definition) is 1. The Kier molecular flexibility index (Phi) is 6.12. The third kappa shape index (κ3) is 4.62. The van der Waals surface area contributed by atoms with Crippen LogP contribution in [0.3, 0.4) is 0 Å². The van der Waals surface area contributed by atoms with E-state index in [4.69, 9.17) is 23.2 Å². The van der Waals surface area contributed by atoms with Crippen molar-refractivity contribution in [3.63, 3.8) is 0 Å². The summed E-state index contributed by atoms with van der Waals surface area (Å²) in [6.07, 6.45) is 8.62. The van der Waals surface area contributed by atoms with Crippen molar-refractivity contribution in [1.29, 1.82) is 0 Å². The summed E-state index contributed by atoms with van der Waals surface area (Å²) in [6, 6.07) is 15.2. The van der Waals surface area contributed by atoms with E-state index >= 15 is 0 Å². The Bertz CT molecular complexity index is 766. The average Bonchev–Trinajstić information content (AvgIpc) is 2.61. The van der Waals surface area contributed by atoms with Gasteiger partial charge >= 0.3 is 0 Å². The molecule has 1 nitrogen and oxygen atoms in total. The normalized spacial score (nSPS) is 19.0. The molecule has 0 N–H and O–H groups in total. The van der Waals surface area contributed by atoms with Crippen LogP contribution >= 0.6 is 23.2 Å². The molecule has 0 aromatic heterocycles. The molecule has 1 aliphatic carbocycles. The first-order valence-electron chi connectivity index (χ1n) is 8.60. The highest BCUT2D eigenvalue weighted by atomic mass is 35.5. The Morgan fingerprint density at radius 3 is 1.56 bits per heavy atom. The standard InChI is InChI=1S/C22H20Cl2O/c23-20-12-6-4-8-16(20)14-18-10-2-1-3-11-19(22(18)25)15-17-9-5-7-13-21(17)24/h4-9,12-15H,1-3,10-11H2/b18-14+,19-15+. The molecule has 0 saturated heterocycles. The fraction of sp³-hybridized carbons (Fsp3) is 0.227. The maximum atomic E-state index is 13.1. The van der Waals surface area contributed by atoms with Crippen molar-refractivity contribution in [2.24, 2.45) is 0 Å². The predicted molar refractivity (Wildman–Crippen MR) is 107 cm³/mol. The third-order valence-electron chi connectivity index (χ3n) is 4.45. The molecule has 25 heavy (non-hydrogen) atoms. The molecular formula is C22H20Cl2O. The van der Waals surface area contributed by atoms with E-state index in [1.54, 1.807) is 0 Å². The van der Waals surface area contributed by atoms with Crippen LogP contribution in [0.1, 0.15) is 43.2 Å². The number of halogens is 2. The molecule has 2 aromatic rings. The molecule has 0 bridgehead atoms. The van der Waals surface area contributed by atoms with Gasteiger partial charge in [0.15, 0.2) is 5.78 Å². The van der Waals surface area contributed by atoms with Crippen LogP contribution in [0.5, 0.6) is 0 Å². The summed E-state index contributed by atoms with van der Waals surface area (Å²) in [5, 5.41) is 1.34. The van der Waals surface area contributed by atoms with E-state index in [2.05, 4.69) is 0 Å². The number of allylic oxidation sites excluding steroid dienone is 2. The van der Waals surface area contributed by atoms with Gasteiger partial charge in [-0.3, -0.25) is 4.79 Å². The van der Waals surface area contributed by atoms with Crippen molar-refractivity contribution in [3.05, 3.63) is 80.8 Å². The number of carbonyl (C=O) groups is 1. The van der Waals surface area contributed by atoms with Gasteiger partial charge in [0.1, 0.15) is 0 Å². The predicted octanol–water partition coefficient (Wildman–Crippen LogP) is 6.99. The van der Waals surface area contributed by atoms with Crippen molar-refractivity contribution >= 4 is 41.1 Å². The van der Waals surface area contributed by atoms with Gasteiger partial charge in [0, 0.05) is 21.2 Å². The molecule has 1 aliphatic rings. The van der Waals surface area contributed by atoms with E-state index < -0.39 is 0 Å². The Balaban J connectivity index is 1.98. The quantitative estimate of drug-likeness (QED) is 0.520. The van der Waals surface area contributed by atoms with E-state index in [-0.39, 0.29) is 5.78 Å². The fourth-order valence-electron chi connectivity index (χ4n) is 3.08. The number of rotatable bonds is 2. The van der Waals surface area contributed by atoms with Gasteiger partial charge in [-0.05, 0) is 61.1 Å². The molecule has 3 rings (SSSR count). The SMILES string of the molecule is O=C1/C(=C/c2ccccc2Cl)CCCCC/C1=C\c1ccccc1Cl. The van der Waals surface area contributed by atoms with Gasteiger partial charge in [0.2, 0.25) is 0 Å². The number of hydrogen-bond donors (Lipinski definition) is 0. The lowest BCUT2D eigenvalue weighted by molar-refractivity contribution is -0.112. The van der Waals surface area contributed by atoms with Crippen LogP contribution < -0.4 is 0 Å². The van der Waals surface area contributed by atoms with Crippen LogP contribution in [0.4, 0.5) is 0 Å². The van der Waals surface area contributed by atoms with Crippen molar-refractivity contribution < 1.29 is 4.79 Å². The molecule has 0 unspecified atom stereocenters. The highest BCUT2D eigenvalue weighted by Crippen LogP contribution is 2.29. The number of benzene rings is 2. The first-order valence-corrected chi connectivity index (χ1v) is 9.35. The van der Waals surface area contributed by atoms with E-state index in [1.807, 2.05) is 60.7 Å². The molecular weight excluding hydrogens is 351 g/mol. The minimum Gasteiger partial charge on any atom is -0.289 e. The van der Waals surface area contributed by atoms with Gasteiger partial charge in [-0.1, -0.05) is 66.0 Å². The zero-order chi connectivity index (χ0) is 17.6. The Morgan fingerprint density at radius 1 is 0.680 bits per heavy atom. The Hall–Kier alpha value is -1.83. The number of ketones is 1. The molecule has 0 atom stereocenters. The summed E-state index contributed by atoms with van der Waals surface area (Å²) in [5.41, 5.74) is 3.44. The molecule has 3 heteroatoms. The smallest absolute Gasteiger partial charge is 0.185 e. The van der Waals surface area contributed by atoms with Crippen LogP contribution in [-0.2, 0) is 4.79 Å². The summed E-state index contributed by atoms with van der Waals surface area (Å²) >= 11 is 12.5. The van der Waals surface area contributed by atoms with Crippen LogP contribution in [0, 0.1) is 0 Å². The minimum atomic E-state index is 0.111. The summed E-state index contributed by atoms with van der Waals surface area (Å²) in [7, 11) is 0. The summed E-state index contributed by atoms with van der Waals surface area (Å²) in [6.45, 7) is 0. The topological polar surface area (TPSA) is 17.1 Å². The van der Waals surface area contributed by atoms with Gasteiger partial charge in [0.05, 0.1) is 0 Å². The molecule has 0 aliphatic heterocycles. The Morgan fingerprint density at radius 2 is 1.12 bits per heavy atom. The van der Waals surface area contributed by atoms with E-state index in [1.165, 1.54) is 0 Å². The molecule has 128 valence electrons. The van der Waals surface area contributed by atoms with Crippen molar-refractivity contribution in [1.82, 2.24) is 0 Å². The van der Waals surface area contributed by atoms with Gasteiger partial charge in [-0.15, -0.1) is 0 Å². The molecule has 0 spiro atoms. The highest BCUT2D eigenvalue weighted by Gasteiger charge is 2.18. The molecule has 0 radical (unpaired) electrons. The average molecular weight is 371 g/mol. The first kappa shape index (κ1) is 18.0. The van der Waals surface area contributed by atoms with Crippen molar-refractivity contribution in [2.45, 2.75) is 32.1 Å². The lowest BCUT2D eigenvalue weighted by Gasteiger charge is -2.15. The van der Waals surface area contributed by atoms with Crippen molar-refractivity contribution in [3.8, 4) is 0 Å². The summed E-state index contributed by atoms with van der Waals surface area (Å²) in [5.74, 6) is 0.111. The van der Waals surface area contributed by atoms with E-state index in [0.29, 0.717) is 10.0 Å². The second-order valence-corrected chi connectivity index (χ2v) is 7.09. The summed E-state index contributed by atoms with van der Waals surface area (Å²) < 4.78 is 0. The fourth-order valence-corrected chi connectivity index (χ4v) is 3.46. The zero-order valence-corrected chi connectivity index (χ0v) is 15.5. The zero-order valence-electron chi connectivity index (χ0n) is 14.0. The lowest BCUT2D eigenvalue weighted by Crippen LogP contribution is -2.09.